The van der Waals surface area contributed by atoms with E-state index in [9.17, 15) is 8.42 Å². The fourth-order valence-electron chi connectivity index (χ4n) is 2.68. The summed E-state index contributed by atoms with van der Waals surface area (Å²) in [5.41, 5.74) is 1.75. The first-order chi connectivity index (χ1) is 9.93. The van der Waals surface area contributed by atoms with Crippen LogP contribution < -0.4 is 4.31 Å². The quantitative estimate of drug-likeness (QED) is 0.852. The Balaban J connectivity index is 2.17. The van der Waals surface area contributed by atoms with Gasteiger partial charge in [-0.25, -0.2) is 4.98 Å². The second-order valence-electron chi connectivity index (χ2n) is 5.27. The molecule has 1 aromatic heterocycles. The molecular weight excluding hydrogens is 310 g/mol. The summed E-state index contributed by atoms with van der Waals surface area (Å²) in [4.78, 5) is 3.97. The number of aryl methyl sites for hydroxylation is 2. The number of nitrogens with zero attached hydrogens (tertiary/aromatic N) is 3. The van der Waals surface area contributed by atoms with E-state index in [0.717, 1.165) is 24.1 Å². The average Bonchev–Trinajstić information content (AvgIpc) is 2.79. The molecule has 21 heavy (non-hydrogen) atoms. The summed E-state index contributed by atoms with van der Waals surface area (Å²) in [6.45, 7) is 1.91. The summed E-state index contributed by atoms with van der Waals surface area (Å²) in [5.74, 6) is 0. The Hall–Kier alpha value is -1.53. The van der Waals surface area contributed by atoms with Gasteiger partial charge in [0, 0.05) is 13.1 Å². The van der Waals surface area contributed by atoms with Crippen molar-refractivity contribution in [2.24, 2.45) is 7.05 Å². The van der Waals surface area contributed by atoms with Crippen LogP contribution in [0.5, 0.6) is 0 Å². The number of imidazole rings is 1. The molecule has 0 saturated heterocycles. The normalized spacial score (nSPS) is 18.6. The molecule has 5 nitrogen and oxygen atoms in total. The number of para-hydroxylation sites is 1. The largest absolute Gasteiger partial charge is 0.324 e. The molecule has 0 fully saturated rings. The predicted molar refractivity (Wildman–Crippen MR) is 82.1 cm³/mol. The first-order valence-corrected chi connectivity index (χ1v) is 8.54. The van der Waals surface area contributed by atoms with Crippen molar-refractivity contribution >= 4 is 27.3 Å². The van der Waals surface area contributed by atoms with Crippen LogP contribution in [0.25, 0.3) is 0 Å². The van der Waals surface area contributed by atoms with Crippen molar-refractivity contribution in [1.82, 2.24) is 9.55 Å². The van der Waals surface area contributed by atoms with Gasteiger partial charge >= 0.3 is 0 Å². The third kappa shape index (κ3) is 2.22. The third-order valence-corrected chi connectivity index (χ3v) is 6.22. The van der Waals surface area contributed by atoms with Gasteiger partial charge in [-0.2, -0.15) is 8.42 Å². The zero-order valence-electron chi connectivity index (χ0n) is 11.8. The SMILES string of the molecule is CC1CCc2ccccc2N1S(=O)(=O)c1ncn(C)c1Cl. The molecule has 0 amide bonds. The van der Waals surface area contributed by atoms with Gasteiger partial charge in [-0.05, 0) is 31.4 Å². The highest BCUT2D eigenvalue weighted by molar-refractivity contribution is 7.92. The number of hydrogen-bond donors (Lipinski definition) is 0. The van der Waals surface area contributed by atoms with E-state index in [1.807, 2.05) is 31.2 Å². The minimum Gasteiger partial charge on any atom is -0.324 e. The van der Waals surface area contributed by atoms with E-state index in [0.29, 0.717) is 0 Å². The van der Waals surface area contributed by atoms with E-state index in [1.165, 1.54) is 15.2 Å². The lowest BCUT2D eigenvalue weighted by atomic mass is 9.99. The molecule has 3 rings (SSSR count). The van der Waals surface area contributed by atoms with Gasteiger partial charge in [0.1, 0.15) is 5.15 Å². The van der Waals surface area contributed by atoms with E-state index >= 15 is 0 Å². The average molecular weight is 326 g/mol. The van der Waals surface area contributed by atoms with E-state index in [-0.39, 0.29) is 16.2 Å². The Morgan fingerprint density at radius 3 is 2.71 bits per heavy atom. The molecule has 0 bridgehead atoms. The molecule has 2 heterocycles. The minimum absolute atomic E-state index is 0.0878. The van der Waals surface area contributed by atoms with Crippen LogP contribution in [0.4, 0.5) is 5.69 Å². The van der Waals surface area contributed by atoms with Crippen LogP contribution in [0, 0.1) is 0 Å². The fourth-order valence-corrected chi connectivity index (χ4v) is 4.81. The highest BCUT2D eigenvalue weighted by Gasteiger charge is 2.36. The van der Waals surface area contributed by atoms with Crippen molar-refractivity contribution in [2.45, 2.75) is 30.8 Å². The first-order valence-electron chi connectivity index (χ1n) is 6.72. The topological polar surface area (TPSA) is 55.2 Å². The number of halogens is 1. The lowest BCUT2D eigenvalue weighted by molar-refractivity contribution is 0.560. The van der Waals surface area contributed by atoms with Gasteiger partial charge in [-0.1, -0.05) is 29.8 Å². The zero-order chi connectivity index (χ0) is 15.2. The molecule has 1 atom stereocenters. The summed E-state index contributed by atoms with van der Waals surface area (Å²) < 4.78 is 28.9. The highest BCUT2D eigenvalue weighted by atomic mass is 35.5. The Kier molecular flexibility index (Phi) is 3.45. The van der Waals surface area contributed by atoms with Crippen LogP contribution >= 0.6 is 11.6 Å². The van der Waals surface area contributed by atoms with Gasteiger partial charge in [-0.15, -0.1) is 0 Å². The Bertz CT molecular complexity index is 785. The Morgan fingerprint density at radius 1 is 1.33 bits per heavy atom. The van der Waals surface area contributed by atoms with Crippen molar-refractivity contribution in [3.8, 4) is 0 Å². The number of aromatic nitrogens is 2. The van der Waals surface area contributed by atoms with Gasteiger partial charge in [0.05, 0.1) is 12.0 Å². The van der Waals surface area contributed by atoms with Crippen molar-refractivity contribution in [3.05, 3.63) is 41.3 Å². The van der Waals surface area contributed by atoms with Crippen LogP contribution in [0.15, 0.2) is 35.6 Å². The van der Waals surface area contributed by atoms with Crippen LogP contribution in [0.3, 0.4) is 0 Å². The maximum atomic E-state index is 13.0. The van der Waals surface area contributed by atoms with E-state index in [1.54, 1.807) is 7.05 Å². The first kappa shape index (κ1) is 14.4. The van der Waals surface area contributed by atoms with Crippen molar-refractivity contribution in [3.63, 3.8) is 0 Å². The van der Waals surface area contributed by atoms with Crippen LogP contribution in [-0.4, -0.2) is 24.0 Å². The lowest BCUT2D eigenvalue weighted by Gasteiger charge is -2.35. The second kappa shape index (κ2) is 5.03. The zero-order valence-corrected chi connectivity index (χ0v) is 13.4. The number of benzene rings is 1. The molecule has 2 aromatic rings. The van der Waals surface area contributed by atoms with Gasteiger partial charge in [0.15, 0.2) is 0 Å². The number of sulfonamides is 1. The van der Waals surface area contributed by atoms with Crippen LogP contribution in [0.1, 0.15) is 18.9 Å². The standard InChI is InChI=1S/C14H16ClN3O2S/c1-10-7-8-11-5-3-4-6-12(11)18(10)21(19,20)14-13(15)17(2)9-16-14/h3-6,9-10H,7-8H2,1-2H3. The second-order valence-corrected chi connectivity index (χ2v) is 7.36. The summed E-state index contributed by atoms with van der Waals surface area (Å²) >= 11 is 6.08. The Morgan fingerprint density at radius 2 is 2.05 bits per heavy atom. The molecule has 1 unspecified atom stereocenters. The Labute approximate surface area is 129 Å². The number of rotatable bonds is 2. The van der Waals surface area contributed by atoms with Crippen molar-refractivity contribution < 1.29 is 8.42 Å². The van der Waals surface area contributed by atoms with Gasteiger partial charge < -0.3 is 4.57 Å². The summed E-state index contributed by atoms with van der Waals surface area (Å²) in [6.07, 6.45) is 3.07. The molecule has 0 aliphatic carbocycles. The van der Waals surface area contributed by atoms with Crippen LogP contribution in [0.2, 0.25) is 5.15 Å². The minimum atomic E-state index is -3.77. The molecule has 0 radical (unpaired) electrons. The van der Waals surface area contributed by atoms with Gasteiger partial charge in [-0.3, -0.25) is 4.31 Å². The van der Waals surface area contributed by atoms with Crippen molar-refractivity contribution in [2.75, 3.05) is 4.31 Å². The molecule has 1 aromatic carbocycles. The van der Waals surface area contributed by atoms with Crippen molar-refractivity contribution in [1.29, 1.82) is 0 Å². The molecule has 0 N–H and O–H groups in total. The van der Waals surface area contributed by atoms with Gasteiger partial charge in [0.2, 0.25) is 5.03 Å². The van der Waals surface area contributed by atoms with Gasteiger partial charge in [0.25, 0.3) is 10.0 Å². The summed E-state index contributed by atoms with van der Waals surface area (Å²) in [6, 6.07) is 7.44. The summed E-state index contributed by atoms with van der Waals surface area (Å²) in [7, 11) is -2.10. The molecule has 1 aliphatic heterocycles. The number of fused-ring (bicyclic) bond motifs is 1. The highest BCUT2D eigenvalue weighted by Crippen LogP contribution is 2.36. The molecule has 0 spiro atoms. The maximum Gasteiger partial charge on any atom is 0.285 e. The molecular formula is C14H16ClN3O2S. The smallest absolute Gasteiger partial charge is 0.285 e. The third-order valence-electron chi connectivity index (χ3n) is 3.80. The fraction of sp³-hybridized carbons (Fsp3) is 0.357. The molecule has 1 aliphatic rings. The maximum absolute atomic E-state index is 13.0. The number of hydrogen-bond acceptors (Lipinski definition) is 3. The van der Waals surface area contributed by atoms with E-state index in [2.05, 4.69) is 4.98 Å². The molecule has 112 valence electrons. The summed E-state index contributed by atoms with van der Waals surface area (Å²) in [5, 5.41) is 0.0421. The lowest BCUT2D eigenvalue weighted by Crippen LogP contribution is -2.42. The predicted octanol–water partition coefficient (Wildman–Crippen LogP) is 2.60. The van der Waals surface area contributed by atoms with E-state index < -0.39 is 10.0 Å². The van der Waals surface area contributed by atoms with Crippen LogP contribution in [-0.2, 0) is 23.5 Å². The van der Waals surface area contributed by atoms with E-state index in [4.69, 9.17) is 11.6 Å². The monoisotopic (exact) mass is 325 g/mol. The molecule has 7 heteroatoms. The molecule has 0 saturated carbocycles. The number of anilines is 1.